The zero-order chi connectivity index (χ0) is 50.0. The molecule has 0 rings (SSSR count). The van der Waals surface area contributed by atoms with Gasteiger partial charge in [-0.3, -0.25) is 9.59 Å². The van der Waals surface area contributed by atoms with Crippen LogP contribution in [0.15, 0.2) is 0 Å². The zero-order valence-corrected chi connectivity index (χ0v) is 47.1. The average molecular weight is 977 g/mol. The second kappa shape index (κ2) is 59.4. The molecule has 1 amide bonds. The fraction of sp³-hybridized carbons (Fsp3) is 0.968. The highest BCUT2D eigenvalue weighted by molar-refractivity contribution is 5.76. The normalized spacial score (nSPS) is 12.5. The van der Waals surface area contributed by atoms with Crippen LogP contribution in [0.4, 0.5) is 0 Å². The topological polar surface area (TPSA) is 95.9 Å². The first kappa shape index (κ1) is 67.9. The maximum absolute atomic E-state index is 12.5. The first-order valence-corrected chi connectivity index (χ1v) is 31.8. The van der Waals surface area contributed by atoms with E-state index in [2.05, 4.69) is 19.2 Å². The number of carbonyl (C=O) groups excluding carboxylic acids is 2. The molecule has 0 aromatic rings. The lowest BCUT2D eigenvalue weighted by atomic mass is 10.0. The summed E-state index contributed by atoms with van der Waals surface area (Å²) in [6, 6.07) is -0.551. The monoisotopic (exact) mass is 976 g/mol. The van der Waals surface area contributed by atoms with Crippen molar-refractivity contribution in [2.75, 3.05) is 13.2 Å². The van der Waals surface area contributed by atoms with E-state index in [0.29, 0.717) is 25.9 Å². The molecule has 6 heteroatoms. The van der Waals surface area contributed by atoms with Crippen LogP contribution in [-0.2, 0) is 14.3 Å². The van der Waals surface area contributed by atoms with E-state index in [9.17, 15) is 19.8 Å². The van der Waals surface area contributed by atoms with Crippen LogP contribution in [0.1, 0.15) is 367 Å². The standard InChI is InChI=1S/C63H125NO5/c1-3-5-7-9-11-13-15-17-19-20-21-22-23-24-25-26-27-28-29-31-35-39-43-47-51-55-61(66)60(59-65)64-62(67)56-52-48-44-40-36-32-30-34-38-42-46-50-54-58-69-63(68)57-53-49-45-41-37-33-18-16-14-12-10-8-6-4-2/h60-61,65-66H,3-59H2,1-2H3,(H,64,67). The summed E-state index contributed by atoms with van der Waals surface area (Å²) >= 11 is 0. The molecule has 0 aliphatic rings. The van der Waals surface area contributed by atoms with E-state index < -0.39 is 12.1 Å². The van der Waals surface area contributed by atoms with E-state index in [1.807, 2.05) is 0 Å². The third kappa shape index (κ3) is 56.0. The number of aliphatic hydroxyl groups is 2. The summed E-state index contributed by atoms with van der Waals surface area (Å²) in [5.74, 6) is -0.0437. The van der Waals surface area contributed by atoms with Gasteiger partial charge in [-0.15, -0.1) is 0 Å². The third-order valence-electron chi connectivity index (χ3n) is 15.2. The van der Waals surface area contributed by atoms with Gasteiger partial charge in [0.15, 0.2) is 0 Å². The van der Waals surface area contributed by atoms with Crippen LogP contribution in [0.25, 0.3) is 0 Å². The maximum Gasteiger partial charge on any atom is 0.305 e. The van der Waals surface area contributed by atoms with Gasteiger partial charge in [0.1, 0.15) is 0 Å². The van der Waals surface area contributed by atoms with Crippen molar-refractivity contribution in [3.8, 4) is 0 Å². The Morgan fingerprint density at radius 2 is 0.594 bits per heavy atom. The van der Waals surface area contributed by atoms with Gasteiger partial charge in [-0.1, -0.05) is 328 Å². The Morgan fingerprint density at radius 3 is 0.884 bits per heavy atom. The van der Waals surface area contributed by atoms with Crippen LogP contribution in [-0.4, -0.2) is 47.4 Å². The number of rotatable bonds is 60. The molecule has 0 aliphatic carbocycles. The van der Waals surface area contributed by atoms with Crippen molar-refractivity contribution < 1.29 is 24.5 Å². The molecule has 0 spiro atoms. The lowest BCUT2D eigenvalue weighted by Crippen LogP contribution is -2.45. The number of nitrogens with one attached hydrogen (secondary N) is 1. The lowest BCUT2D eigenvalue weighted by molar-refractivity contribution is -0.143. The molecule has 412 valence electrons. The molecule has 0 bridgehead atoms. The average Bonchev–Trinajstić information content (AvgIpc) is 3.35. The minimum atomic E-state index is -0.673. The van der Waals surface area contributed by atoms with Gasteiger partial charge < -0.3 is 20.3 Å². The first-order chi connectivity index (χ1) is 34.0. The fourth-order valence-corrected chi connectivity index (χ4v) is 10.3. The van der Waals surface area contributed by atoms with Gasteiger partial charge in [0, 0.05) is 12.8 Å². The highest BCUT2D eigenvalue weighted by Crippen LogP contribution is 2.19. The molecule has 2 unspecified atom stereocenters. The summed E-state index contributed by atoms with van der Waals surface area (Å²) in [7, 11) is 0. The van der Waals surface area contributed by atoms with Gasteiger partial charge in [-0.25, -0.2) is 0 Å². The number of unbranched alkanes of at least 4 members (excludes halogenated alkanes) is 49. The van der Waals surface area contributed by atoms with E-state index in [4.69, 9.17) is 4.74 Å². The number of ether oxygens (including phenoxy) is 1. The molecule has 0 radical (unpaired) electrons. The van der Waals surface area contributed by atoms with Gasteiger partial charge in [-0.2, -0.15) is 0 Å². The van der Waals surface area contributed by atoms with Gasteiger partial charge in [0.25, 0.3) is 0 Å². The molecule has 2 atom stereocenters. The van der Waals surface area contributed by atoms with Gasteiger partial charge in [0.05, 0.1) is 25.4 Å². The molecule has 0 saturated heterocycles. The van der Waals surface area contributed by atoms with E-state index in [-0.39, 0.29) is 18.5 Å². The summed E-state index contributed by atoms with van der Waals surface area (Å²) in [5, 5.41) is 23.4. The van der Waals surface area contributed by atoms with Crippen LogP contribution in [0.2, 0.25) is 0 Å². The van der Waals surface area contributed by atoms with Crippen molar-refractivity contribution in [2.45, 2.75) is 379 Å². The van der Waals surface area contributed by atoms with Crippen molar-refractivity contribution in [3.63, 3.8) is 0 Å². The van der Waals surface area contributed by atoms with E-state index >= 15 is 0 Å². The quantitative estimate of drug-likeness (QED) is 0.0417. The van der Waals surface area contributed by atoms with Crippen molar-refractivity contribution in [1.29, 1.82) is 0 Å². The van der Waals surface area contributed by atoms with E-state index in [0.717, 1.165) is 51.4 Å². The molecule has 3 N–H and O–H groups in total. The van der Waals surface area contributed by atoms with Crippen LogP contribution in [0.3, 0.4) is 0 Å². The molecular formula is C63H125NO5. The molecule has 0 aliphatic heterocycles. The summed E-state index contributed by atoms with van der Waals surface area (Å²) in [6.07, 6.45) is 69.7. The molecule has 69 heavy (non-hydrogen) atoms. The predicted molar refractivity (Wildman–Crippen MR) is 301 cm³/mol. The highest BCUT2D eigenvalue weighted by Gasteiger charge is 2.20. The van der Waals surface area contributed by atoms with Crippen LogP contribution in [0.5, 0.6) is 0 Å². The number of carbonyl (C=O) groups is 2. The van der Waals surface area contributed by atoms with Gasteiger partial charge in [-0.05, 0) is 25.7 Å². The summed E-state index contributed by atoms with van der Waals surface area (Å²) in [6.45, 7) is 4.97. The Hall–Kier alpha value is -1.14. The number of esters is 1. The van der Waals surface area contributed by atoms with E-state index in [1.54, 1.807) is 0 Å². The molecule has 0 aromatic carbocycles. The Balaban J connectivity index is 3.42. The zero-order valence-electron chi connectivity index (χ0n) is 47.1. The molecule has 0 fully saturated rings. The maximum atomic E-state index is 12.5. The summed E-state index contributed by atoms with van der Waals surface area (Å²) in [4.78, 5) is 24.6. The predicted octanol–water partition coefficient (Wildman–Crippen LogP) is 19.9. The highest BCUT2D eigenvalue weighted by atomic mass is 16.5. The molecule has 0 aromatic heterocycles. The minimum Gasteiger partial charge on any atom is -0.466 e. The van der Waals surface area contributed by atoms with Crippen molar-refractivity contribution in [3.05, 3.63) is 0 Å². The van der Waals surface area contributed by atoms with E-state index in [1.165, 1.54) is 283 Å². The third-order valence-corrected chi connectivity index (χ3v) is 15.2. The minimum absolute atomic E-state index is 0.00139. The Morgan fingerprint density at radius 1 is 0.348 bits per heavy atom. The Bertz CT molecular complexity index is 990. The Labute approximate surface area is 432 Å². The van der Waals surface area contributed by atoms with Crippen LogP contribution >= 0.6 is 0 Å². The Kier molecular flexibility index (Phi) is 58.4. The SMILES string of the molecule is CCCCCCCCCCCCCCCCCCCCCCCCCCCC(O)C(CO)NC(=O)CCCCCCCCCCCCCCCOC(=O)CCCCCCCCCCCCCCCC. The largest absolute Gasteiger partial charge is 0.466 e. The molecular weight excluding hydrogens is 851 g/mol. The van der Waals surface area contributed by atoms with Gasteiger partial charge in [0.2, 0.25) is 5.91 Å². The smallest absolute Gasteiger partial charge is 0.305 e. The van der Waals surface area contributed by atoms with Crippen LogP contribution in [0, 0.1) is 0 Å². The van der Waals surface area contributed by atoms with Crippen LogP contribution < -0.4 is 5.32 Å². The number of hydrogen-bond donors (Lipinski definition) is 3. The molecule has 0 heterocycles. The number of hydrogen-bond acceptors (Lipinski definition) is 5. The molecule has 6 nitrogen and oxygen atoms in total. The second-order valence-electron chi connectivity index (χ2n) is 22.1. The van der Waals surface area contributed by atoms with Crippen molar-refractivity contribution in [1.82, 2.24) is 5.32 Å². The molecule has 0 saturated carbocycles. The summed E-state index contributed by atoms with van der Waals surface area (Å²) < 4.78 is 5.48. The summed E-state index contributed by atoms with van der Waals surface area (Å²) in [5.41, 5.74) is 0. The lowest BCUT2D eigenvalue weighted by Gasteiger charge is -2.22. The van der Waals surface area contributed by atoms with Gasteiger partial charge >= 0.3 is 5.97 Å². The number of amides is 1. The first-order valence-electron chi connectivity index (χ1n) is 31.8. The fourth-order valence-electron chi connectivity index (χ4n) is 10.3. The van der Waals surface area contributed by atoms with Crippen molar-refractivity contribution >= 4 is 11.9 Å². The second-order valence-corrected chi connectivity index (χ2v) is 22.1. The number of aliphatic hydroxyl groups excluding tert-OH is 2. The van der Waals surface area contributed by atoms with Crippen molar-refractivity contribution in [2.24, 2.45) is 0 Å².